The number of nitrogens with zero attached hydrogens (tertiary/aromatic N) is 3. The summed E-state index contributed by atoms with van der Waals surface area (Å²) in [4.78, 5) is 35.6. The molecule has 3 heterocycles. The second-order valence-electron chi connectivity index (χ2n) is 10.6. The number of aromatic amines is 1. The van der Waals surface area contributed by atoms with Crippen LogP contribution < -0.4 is 0 Å². The molecule has 7 nitrogen and oxygen atoms in total. The quantitative estimate of drug-likeness (QED) is 0.725. The van der Waals surface area contributed by atoms with Crippen LogP contribution in [0, 0.1) is 5.92 Å². The van der Waals surface area contributed by atoms with Gasteiger partial charge < -0.3 is 19.9 Å². The van der Waals surface area contributed by atoms with Crippen molar-refractivity contribution in [3.05, 3.63) is 41.7 Å². The summed E-state index contributed by atoms with van der Waals surface area (Å²) >= 11 is 0. The van der Waals surface area contributed by atoms with E-state index in [0.717, 1.165) is 29.3 Å². The molecule has 1 aromatic heterocycles. The lowest BCUT2D eigenvalue weighted by molar-refractivity contribution is -0.130. The Morgan fingerprint density at radius 3 is 2.55 bits per heavy atom. The highest BCUT2D eigenvalue weighted by Crippen LogP contribution is 2.45. The summed E-state index contributed by atoms with van der Waals surface area (Å²) < 4.78 is 0. The van der Waals surface area contributed by atoms with Gasteiger partial charge in [0.2, 0.25) is 0 Å². The van der Waals surface area contributed by atoms with Crippen molar-refractivity contribution >= 4 is 28.5 Å². The van der Waals surface area contributed by atoms with Crippen molar-refractivity contribution in [2.75, 3.05) is 27.2 Å². The molecule has 7 heteroatoms. The number of H-pyrrole nitrogens is 1. The van der Waals surface area contributed by atoms with Crippen LogP contribution in [0.15, 0.2) is 30.5 Å². The molecule has 0 radical (unpaired) electrons. The number of urea groups is 1. The Hall–Kier alpha value is -2.80. The minimum atomic E-state index is -1.04. The summed E-state index contributed by atoms with van der Waals surface area (Å²) in [7, 11) is 4.09. The topological polar surface area (TPSA) is 79.9 Å². The number of piperidine rings is 1. The van der Waals surface area contributed by atoms with Gasteiger partial charge in [0.1, 0.15) is 0 Å². The first-order chi connectivity index (χ1) is 15.5. The van der Waals surface area contributed by atoms with Gasteiger partial charge in [-0.05, 0) is 44.5 Å². The number of likely N-dealkylation sites (tertiary alicyclic amines) is 1. The van der Waals surface area contributed by atoms with Crippen LogP contribution in [-0.2, 0) is 10.2 Å². The fraction of sp³-hybridized carbons (Fsp3) is 0.538. The Morgan fingerprint density at radius 2 is 1.91 bits per heavy atom. The normalized spacial score (nSPS) is 23.0. The number of aromatic nitrogens is 1. The first-order valence-electron chi connectivity index (χ1n) is 11.8. The highest BCUT2D eigenvalue weighted by Gasteiger charge is 2.46. The van der Waals surface area contributed by atoms with Gasteiger partial charge in [0.05, 0.1) is 11.3 Å². The molecule has 4 rings (SSSR count). The molecule has 2 aliphatic heterocycles. The molecule has 2 aromatic rings. The number of fused-ring (bicyclic) bond motifs is 3. The van der Waals surface area contributed by atoms with Crippen LogP contribution in [0.2, 0.25) is 0 Å². The third-order valence-electron chi connectivity index (χ3n) is 7.41. The molecular formula is C26H36N4O3. The van der Waals surface area contributed by atoms with Gasteiger partial charge in [0, 0.05) is 47.7 Å². The number of hydrogen-bond donors (Lipinski definition) is 2. The largest absolute Gasteiger partial charge is 0.478 e. The monoisotopic (exact) mass is 452 g/mol. The minimum absolute atomic E-state index is 0.110. The minimum Gasteiger partial charge on any atom is -0.478 e. The van der Waals surface area contributed by atoms with Crippen molar-refractivity contribution in [3.63, 3.8) is 0 Å². The van der Waals surface area contributed by atoms with Crippen molar-refractivity contribution in [2.45, 2.75) is 58.0 Å². The van der Waals surface area contributed by atoms with Crippen molar-refractivity contribution in [1.29, 1.82) is 0 Å². The predicted octanol–water partition coefficient (Wildman–Crippen LogP) is 4.36. The number of carbonyl (C=O) groups is 2. The number of likely N-dealkylation sites (N-methyl/N-ethyl adjacent to an activating group) is 1. The van der Waals surface area contributed by atoms with Crippen LogP contribution in [0.25, 0.3) is 16.5 Å². The van der Waals surface area contributed by atoms with Crippen LogP contribution in [0.4, 0.5) is 4.79 Å². The predicted molar refractivity (Wildman–Crippen MR) is 131 cm³/mol. The molecule has 0 aliphatic carbocycles. The van der Waals surface area contributed by atoms with E-state index in [2.05, 4.69) is 37.6 Å². The van der Waals surface area contributed by atoms with Crippen LogP contribution in [0.3, 0.4) is 0 Å². The smallest absolute Gasteiger partial charge is 0.339 e. The Labute approximate surface area is 196 Å². The number of carboxylic acids is 1. The van der Waals surface area contributed by atoms with E-state index in [1.54, 1.807) is 11.1 Å². The van der Waals surface area contributed by atoms with E-state index in [-0.39, 0.29) is 23.6 Å². The van der Waals surface area contributed by atoms with E-state index in [1.165, 1.54) is 0 Å². The molecule has 33 heavy (non-hydrogen) atoms. The number of amides is 2. The SMILES string of the molecule is CC(C)C1N(C(=O)N2CCCC(N(C)C)C2)C=C(C(=O)O)c2[nH]c3ccccc3c2C1(C)C. The number of benzene rings is 1. The maximum atomic E-state index is 14.0. The second kappa shape index (κ2) is 8.52. The number of nitrogens with one attached hydrogen (secondary N) is 1. The van der Waals surface area contributed by atoms with Crippen molar-refractivity contribution in [3.8, 4) is 0 Å². The Balaban J connectivity index is 1.88. The van der Waals surface area contributed by atoms with E-state index in [4.69, 9.17) is 0 Å². The number of carbonyl (C=O) groups excluding carboxylic acids is 1. The molecule has 1 fully saturated rings. The number of carboxylic acid groups (broad SMARTS) is 1. The van der Waals surface area contributed by atoms with Gasteiger partial charge in [-0.25, -0.2) is 9.59 Å². The van der Waals surface area contributed by atoms with Crippen molar-refractivity contribution in [2.24, 2.45) is 5.92 Å². The van der Waals surface area contributed by atoms with Gasteiger partial charge in [-0.3, -0.25) is 4.90 Å². The average Bonchev–Trinajstić information content (AvgIpc) is 3.10. The maximum absolute atomic E-state index is 14.0. The molecule has 2 amide bonds. The Kier molecular flexibility index (Phi) is 6.03. The first kappa shape index (κ1) is 23.4. The molecule has 1 saturated heterocycles. The Morgan fingerprint density at radius 1 is 1.21 bits per heavy atom. The van der Waals surface area contributed by atoms with E-state index in [0.29, 0.717) is 24.8 Å². The molecule has 1 aromatic carbocycles. The molecule has 2 atom stereocenters. The molecule has 0 saturated carbocycles. The third kappa shape index (κ3) is 3.92. The number of rotatable bonds is 3. The number of para-hydroxylation sites is 1. The first-order valence-corrected chi connectivity index (χ1v) is 11.8. The number of hydrogen-bond acceptors (Lipinski definition) is 3. The average molecular weight is 453 g/mol. The molecule has 2 aliphatic rings. The van der Waals surface area contributed by atoms with Gasteiger partial charge in [-0.1, -0.05) is 45.9 Å². The fourth-order valence-corrected chi connectivity index (χ4v) is 6.00. The standard InChI is InChI=1S/C26H36N4O3/c1-16(2)23-26(3,4)21-18-11-7-8-12-20(18)27-22(21)19(24(31)32)15-30(23)25(33)29-13-9-10-17(14-29)28(5)6/h7-8,11-12,15-17,23,27H,9-10,13-14H2,1-6H3,(H,31,32). The van der Waals surface area contributed by atoms with E-state index in [9.17, 15) is 14.7 Å². The summed E-state index contributed by atoms with van der Waals surface area (Å²) in [5.74, 6) is -0.921. The molecular weight excluding hydrogens is 416 g/mol. The van der Waals surface area contributed by atoms with E-state index in [1.807, 2.05) is 43.3 Å². The molecule has 0 spiro atoms. The highest BCUT2D eigenvalue weighted by atomic mass is 16.4. The van der Waals surface area contributed by atoms with Crippen molar-refractivity contribution in [1.82, 2.24) is 19.7 Å². The summed E-state index contributed by atoms with van der Waals surface area (Å²) in [5, 5.41) is 11.2. The molecule has 2 N–H and O–H groups in total. The third-order valence-corrected chi connectivity index (χ3v) is 7.41. The van der Waals surface area contributed by atoms with E-state index < -0.39 is 11.4 Å². The molecule has 2 unspecified atom stereocenters. The van der Waals surface area contributed by atoms with Gasteiger partial charge in [-0.2, -0.15) is 0 Å². The van der Waals surface area contributed by atoms with Crippen LogP contribution >= 0.6 is 0 Å². The van der Waals surface area contributed by atoms with Gasteiger partial charge in [0.15, 0.2) is 0 Å². The zero-order chi connectivity index (χ0) is 24.1. The van der Waals surface area contributed by atoms with Crippen LogP contribution in [-0.4, -0.2) is 76.1 Å². The Bertz CT molecular complexity index is 1100. The highest BCUT2D eigenvalue weighted by molar-refractivity contribution is 6.17. The van der Waals surface area contributed by atoms with Crippen LogP contribution in [0.5, 0.6) is 0 Å². The lowest BCUT2D eigenvalue weighted by Crippen LogP contribution is -2.57. The zero-order valence-electron chi connectivity index (χ0n) is 20.6. The van der Waals surface area contributed by atoms with Gasteiger partial charge in [0.25, 0.3) is 0 Å². The molecule has 0 bridgehead atoms. The summed E-state index contributed by atoms with van der Waals surface area (Å²) in [6.07, 6.45) is 3.58. The zero-order valence-corrected chi connectivity index (χ0v) is 20.6. The van der Waals surface area contributed by atoms with E-state index >= 15 is 0 Å². The summed E-state index contributed by atoms with van der Waals surface area (Å²) in [5.41, 5.74) is 2.12. The van der Waals surface area contributed by atoms with Gasteiger partial charge >= 0.3 is 12.0 Å². The maximum Gasteiger partial charge on any atom is 0.339 e. The lowest BCUT2D eigenvalue weighted by atomic mass is 9.72. The molecule has 178 valence electrons. The van der Waals surface area contributed by atoms with Crippen LogP contribution in [0.1, 0.15) is 51.8 Å². The second-order valence-corrected chi connectivity index (χ2v) is 10.6. The van der Waals surface area contributed by atoms with Crippen molar-refractivity contribution < 1.29 is 14.7 Å². The number of aliphatic carboxylic acids is 1. The fourth-order valence-electron chi connectivity index (χ4n) is 6.00. The van der Waals surface area contributed by atoms with Gasteiger partial charge in [-0.15, -0.1) is 0 Å². The summed E-state index contributed by atoms with van der Waals surface area (Å²) in [6, 6.07) is 7.92. The lowest BCUT2D eigenvalue weighted by Gasteiger charge is -2.45. The summed E-state index contributed by atoms with van der Waals surface area (Å²) in [6.45, 7) is 9.83.